The standard InChI is InChI=1S/C15H12BrNO4/c1-9-5-10(2)15(13(6-9)17(19)20)21-14-4-3-11(8-18)7-12(14)16/h3-8H,1-2H3. The molecule has 0 bridgehead atoms. The zero-order valence-electron chi connectivity index (χ0n) is 11.4. The van der Waals surface area contributed by atoms with Gasteiger partial charge < -0.3 is 4.74 Å². The molecule has 6 heteroatoms. The summed E-state index contributed by atoms with van der Waals surface area (Å²) >= 11 is 3.29. The van der Waals surface area contributed by atoms with Crippen LogP contribution in [0.15, 0.2) is 34.8 Å². The van der Waals surface area contributed by atoms with Gasteiger partial charge in [0, 0.05) is 11.6 Å². The highest BCUT2D eigenvalue weighted by molar-refractivity contribution is 9.10. The van der Waals surface area contributed by atoms with Crippen molar-refractivity contribution < 1.29 is 14.5 Å². The van der Waals surface area contributed by atoms with Gasteiger partial charge in [0.2, 0.25) is 5.75 Å². The van der Waals surface area contributed by atoms with Crippen LogP contribution in [0.4, 0.5) is 5.69 Å². The molecule has 0 aliphatic carbocycles. The lowest BCUT2D eigenvalue weighted by atomic mass is 10.1. The number of aryl methyl sites for hydroxylation is 2. The number of ether oxygens (including phenoxy) is 1. The Balaban J connectivity index is 2.49. The molecule has 5 nitrogen and oxygen atoms in total. The van der Waals surface area contributed by atoms with Gasteiger partial charge in [-0.3, -0.25) is 14.9 Å². The van der Waals surface area contributed by atoms with Gasteiger partial charge >= 0.3 is 5.69 Å². The summed E-state index contributed by atoms with van der Waals surface area (Å²) in [6.45, 7) is 3.54. The van der Waals surface area contributed by atoms with Crippen molar-refractivity contribution >= 4 is 27.9 Å². The number of hydrogen-bond donors (Lipinski definition) is 0. The fraction of sp³-hybridized carbons (Fsp3) is 0.133. The maximum Gasteiger partial charge on any atom is 0.312 e. The predicted molar refractivity (Wildman–Crippen MR) is 82.2 cm³/mol. The summed E-state index contributed by atoms with van der Waals surface area (Å²) in [6, 6.07) is 8.06. The van der Waals surface area contributed by atoms with Crippen LogP contribution in [0.3, 0.4) is 0 Å². The van der Waals surface area contributed by atoms with Crippen molar-refractivity contribution in [2.45, 2.75) is 13.8 Å². The summed E-state index contributed by atoms with van der Waals surface area (Å²) < 4.78 is 6.24. The lowest BCUT2D eigenvalue weighted by Crippen LogP contribution is -1.97. The quantitative estimate of drug-likeness (QED) is 0.460. The highest BCUT2D eigenvalue weighted by Gasteiger charge is 2.20. The van der Waals surface area contributed by atoms with Crippen LogP contribution in [-0.4, -0.2) is 11.2 Å². The summed E-state index contributed by atoms with van der Waals surface area (Å²) in [5.41, 5.74) is 1.87. The molecule has 0 spiro atoms. The number of hydrogen-bond acceptors (Lipinski definition) is 4. The highest BCUT2D eigenvalue weighted by atomic mass is 79.9. The Bertz CT molecular complexity index is 728. The van der Waals surface area contributed by atoms with Crippen LogP contribution in [0.25, 0.3) is 0 Å². The van der Waals surface area contributed by atoms with E-state index in [0.29, 0.717) is 27.6 Å². The van der Waals surface area contributed by atoms with E-state index in [1.54, 1.807) is 32.0 Å². The summed E-state index contributed by atoms with van der Waals surface area (Å²) in [6.07, 6.45) is 0.716. The average molecular weight is 350 g/mol. The summed E-state index contributed by atoms with van der Waals surface area (Å²) in [5.74, 6) is 0.612. The van der Waals surface area contributed by atoms with Crippen molar-refractivity contribution in [3.63, 3.8) is 0 Å². The average Bonchev–Trinajstić information content (AvgIpc) is 2.42. The maximum absolute atomic E-state index is 11.2. The van der Waals surface area contributed by atoms with Crippen LogP contribution in [-0.2, 0) is 0 Å². The second-order valence-electron chi connectivity index (χ2n) is 4.60. The van der Waals surface area contributed by atoms with Gasteiger partial charge in [0.25, 0.3) is 0 Å². The molecule has 0 unspecified atom stereocenters. The molecule has 2 aromatic carbocycles. The van der Waals surface area contributed by atoms with Gasteiger partial charge in [-0.25, -0.2) is 0 Å². The minimum absolute atomic E-state index is 0.0844. The number of nitro groups is 1. The van der Waals surface area contributed by atoms with E-state index >= 15 is 0 Å². The van der Waals surface area contributed by atoms with Crippen LogP contribution in [0.2, 0.25) is 0 Å². The highest BCUT2D eigenvalue weighted by Crippen LogP contribution is 2.38. The maximum atomic E-state index is 11.2. The second-order valence-corrected chi connectivity index (χ2v) is 5.45. The topological polar surface area (TPSA) is 69.4 Å². The third-order valence-electron chi connectivity index (χ3n) is 2.90. The van der Waals surface area contributed by atoms with Crippen molar-refractivity contribution in [1.29, 1.82) is 0 Å². The first-order valence-corrected chi connectivity index (χ1v) is 6.90. The monoisotopic (exact) mass is 349 g/mol. The molecule has 0 amide bonds. The van der Waals surface area contributed by atoms with Crippen molar-refractivity contribution in [2.75, 3.05) is 0 Å². The van der Waals surface area contributed by atoms with Crippen molar-refractivity contribution in [2.24, 2.45) is 0 Å². The van der Waals surface area contributed by atoms with Crippen LogP contribution >= 0.6 is 15.9 Å². The minimum atomic E-state index is -0.469. The van der Waals surface area contributed by atoms with E-state index in [4.69, 9.17) is 4.74 Å². The minimum Gasteiger partial charge on any atom is -0.449 e. The Labute approximate surface area is 129 Å². The second kappa shape index (κ2) is 6.05. The zero-order chi connectivity index (χ0) is 15.6. The molecule has 0 saturated carbocycles. The SMILES string of the molecule is Cc1cc(C)c(Oc2ccc(C=O)cc2Br)c([N+](=O)[O-])c1. The lowest BCUT2D eigenvalue weighted by Gasteiger charge is -2.11. The summed E-state index contributed by atoms with van der Waals surface area (Å²) in [7, 11) is 0. The Kier molecular flexibility index (Phi) is 4.37. The number of carbonyl (C=O) groups is 1. The third-order valence-corrected chi connectivity index (χ3v) is 3.52. The number of carbonyl (C=O) groups excluding carboxylic acids is 1. The predicted octanol–water partition coefficient (Wildman–Crippen LogP) is 4.58. The third kappa shape index (κ3) is 3.28. The van der Waals surface area contributed by atoms with Gasteiger partial charge in [0.15, 0.2) is 0 Å². The normalized spacial score (nSPS) is 10.2. The van der Waals surface area contributed by atoms with Gasteiger partial charge in [-0.1, -0.05) is 6.07 Å². The number of nitro benzene ring substituents is 1. The van der Waals surface area contributed by atoms with E-state index in [1.165, 1.54) is 6.07 Å². The number of rotatable bonds is 4. The molecule has 2 rings (SSSR count). The molecule has 21 heavy (non-hydrogen) atoms. The van der Waals surface area contributed by atoms with Crippen molar-refractivity contribution in [3.05, 3.63) is 61.6 Å². The number of benzene rings is 2. The molecule has 0 radical (unpaired) electrons. The van der Waals surface area contributed by atoms with E-state index in [0.717, 1.165) is 5.56 Å². The van der Waals surface area contributed by atoms with Crippen LogP contribution < -0.4 is 4.74 Å². The first-order valence-electron chi connectivity index (χ1n) is 6.10. The fourth-order valence-electron chi connectivity index (χ4n) is 1.98. The van der Waals surface area contributed by atoms with E-state index in [9.17, 15) is 14.9 Å². The van der Waals surface area contributed by atoms with Gasteiger partial charge in [-0.15, -0.1) is 0 Å². The number of halogens is 1. The van der Waals surface area contributed by atoms with E-state index in [2.05, 4.69) is 15.9 Å². The molecule has 0 N–H and O–H groups in total. The molecule has 0 aliphatic rings. The Morgan fingerprint density at radius 1 is 1.24 bits per heavy atom. The number of nitrogens with zero attached hydrogens (tertiary/aromatic N) is 1. The van der Waals surface area contributed by atoms with Crippen LogP contribution in [0.5, 0.6) is 11.5 Å². The first kappa shape index (κ1) is 15.2. The van der Waals surface area contributed by atoms with E-state index < -0.39 is 4.92 Å². The van der Waals surface area contributed by atoms with Gasteiger partial charge in [0.1, 0.15) is 12.0 Å². The Morgan fingerprint density at radius 2 is 1.95 bits per heavy atom. The summed E-state index contributed by atoms with van der Waals surface area (Å²) in [4.78, 5) is 21.4. The Hall–Kier alpha value is -2.21. The molecule has 2 aromatic rings. The molecular weight excluding hydrogens is 338 g/mol. The summed E-state index contributed by atoms with van der Waals surface area (Å²) in [5, 5.41) is 11.2. The van der Waals surface area contributed by atoms with Crippen LogP contribution in [0.1, 0.15) is 21.5 Å². The molecule has 0 aliphatic heterocycles. The molecule has 0 fully saturated rings. The molecule has 0 aromatic heterocycles. The van der Waals surface area contributed by atoms with Gasteiger partial charge in [-0.05, 0) is 59.1 Å². The van der Waals surface area contributed by atoms with Crippen LogP contribution in [0, 0.1) is 24.0 Å². The largest absolute Gasteiger partial charge is 0.449 e. The zero-order valence-corrected chi connectivity index (χ0v) is 13.0. The molecule has 0 saturated heterocycles. The van der Waals surface area contributed by atoms with Crippen molar-refractivity contribution in [3.8, 4) is 11.5 Å². The molecule has 0 heterocycles. The fourth-order valence-corrected chi connectivity index (χ4v) is 2.46. The van der Waals surface area contributed by atoms with E-state index in [1.807, 2.05) is 6.07 Å². The van der Waals surface area contributed by atoms with Crippen molar-refractivity contribution in [1.82, 2.24) is 0 Å². The molecule has 0 atom stereocenters. The Morgan fingerprint density at radius 3 is 2.52 bits per heavy atom. The smallest absolute Gasteiger partial charge is 0.312 e. The van der Waals surface area contributed by atoms with Gasteiger partial charge in [-0.2, -0.15) is 0 Å². The number of aldehydes is 1. The molecule has 108 valence electrons. The molecular formula is C15H12BrNO4. The lowest BCUT2D eigenvalue weighted by molar-refractivity contribution is -0.385. The first-order chi connectivity index (χ1) is 9.92. The van der Waals surface area contributed by atoms with Gasteiger partial charge in [0.05, 0.1) is 9.40 Å². The van der Waals surface area contributed by atoms with E-state index in [-0.39, 0.29) is 11.4 Å².